The van der Waals surface area contributed by atoms with Crippen LogP contribution in [0.25, 0.3) is 11.1 Å². The molecule has 1 aliphatic carbocycles. The summed E-state index contributed by atoms with van der Waals surface area (Å²) in [5, 5.41) is 0. The molecule has 1 aliphatic rings. The molecular formula is C34H36. The largest absolute Gasteiger partial charge is 0.0718 e. The summed E-state index contributed by atoms with van der Waals surface area (Å²) < 4.78 is 0. The summed E-state index contributed by atoms with van der Waals surface area (Å²) in [5.41, 5.74) is 13.7. The van der Waals surface area contributed by atoms with E-state index in [9.17, 15) is 0 Å². The molecule has 0 nitrogen and oxygen atoms in total. The number of rotatable bonds is 7. The molecule has 34 heavy (non-hydrogen) atoms. The number of hydrogen-bond donors (Lipinski definition) is 0. The van der Waals surface area contributed by atoms with Crippen molar-refractivity contribution in [1.82, 2.24) is 0 Å². The molecule has 0 atom stereocenters. The monoisotopic (exact) mass is 444 g/mol. The van der Waals surface area contributed by atoms with Crippen molar-refractivity contribution >= 4 is 0 Å². The van der Waals surface area contributed by atoms with Gasteiger partial charge >= 0.3 is 0 Å². The van der Waals surface area contributed by atoms with Crippen molar-refractivity contribution in [1.29, 1.82) is 0 Å². The van der Waals surface area contributed by atoms with Crippen molar-refractivity contribution in [3.8, 4) is 11.1 Å². The highest BCUT2D eigenvalue weighted by Crippen LogP contribution is 2.57. The Morgan fingerprint density at radius 2 is 1.15 bits per heavy atom. The number of hydrogen-bond acceptors (Lipinski definition) is 0. The first-order valence-corrected chi connectivity index (χ1v) is 12.9. The fraction of sp³-hybridized carbons (Fsp3) is 0.294. The zero-order valence-corrected chi connectivity index (χ0v) is 21.1. The van der Waals surface area contributed by atoms with Crippen LogP contribution >= 0.6 is 0 Å². The third-order valence-electron chi connectivity index (χ3n) is 7.72. The minimum Gasteiger partial charge on any atom is -0.0654 e. The van der Waals surface area contributed by atoms with Gasteiger partial charge in [-0.25, -0.2) is 0 Å². The maximum atomic E-state index is 2.45. The normalized spacial score (nSPS) is 13.5. The minimum absolute atomic E-state index is 0.296. The van der Waals surface area contributed by atoms with Crippen molar-refractivity contribution in [2.24, 2.45) is 0 Å². The average molecular weight is 445 g/mol. The molecule has 0 saturated heterocycles. The van der Waals surface area contributed by atoms with Crippen LogP contribution in [-0.2, 0) is 11.8 Å². The number of benzene rings is 4. The molecule has 0 heteroatoms. The molecule has 0 N–H and O–H groups in total. The van der Waals surface area contributed by atoms with Gasteiger partial charge in [-0.2, -0.15) is 0 Å². The van der Waals surface area contributed by atoms with Crippen molar-refractivity contribution < 1.29 is 0 Å². The molecule has 0 bridgehead atoms. The van der Waals surface area contributed by atoms with Crippen LogP contribution in [0.5, 0.6) is 0 Å². The van der Waals surface area contributed by atoms with Crippen molar-refractivity contribution in [3.05, 3.63) is 129 Å². The van der Waals surface area contributed by atoms with E-state index in [0.717, 1.165) is 6.42 Å². The standard InChI is InChI=1S/C34H36/c1-5-6-7-8-14-27-15-10-12-17-31(27)34(30-16-11-9-13-26(30)4)32-22-24(2)18-20-28(32)29-21-19-25(3)23-33(29)34/h9-13,15-23H,5-8,14H2,1-4H3. The first-order chi connectivity index (χ1) is 16.6. The molecule has 0 amide bonds. The quantitative estimate of drug-likeness (QED) is 0.220. The average Bonchev–Trinajstić information content (AvgIpc) is 3.11. The summed E-state index contributed by atoms with van der Waals surface area (Å²) in [5.74, 6) is 0. The fourth-order valence-corrected chi connectivity index (χ4v) is 6.12. The molecule has 172 valence electrons. The summed E-state index contributed by atoms with van der Waals surface area (Å²) >= 11 is 0. The van der Waals surface area contributed by atoms with E-state index in [1.165, 1.54) is 81.3 Å². The topological polar surface area (TPSA) is 0 Å². The molecule has 0 radical (unpaired) electrons. The van der Waals surface area contributed by atoms with Crippen molar-refractivity contribution in [2.45, 2.75) is 65.2 Å². The first kappa shape index (κ1) is 22.7. The highest BCUT2D eigenvalue weighted by atomic mass is 14.5. The molecule has 0 saturated carbocycles. The first-order valence-electron chi connectivity index (χ1n) is 12.9. The summed E-state index contributed by atoms with van der Waals surface area (Å²) in [6.45, 7) is 9.03. The molecule has 4 aromatic rings. The van der Waals surface area contributed by atoms with Gasteiger partial charge in [0.15, 0.2) is 0 Å². The third kappa shape index (κ3) is 3.61. The van der Waals surface area contributed by atoms with Crippen LogP contribution < -0.4 is 0 Å². The van der Waals surface area contributed by atoms with E-state index in [1.54, 1.807) is 0 Å². The van der Waals surface area contributed by atoms with Crippen LogP contribution in [0.15, 0.2) is 84.9 Å². The van der Waals surface area contributed by atoms with Gasteiger partial charge in [0.2, 0.25) is 0 Å². The molecule has 0 unspecified atom stereocenters. The lowest BCUT2D eigenvalue weighted by atomic mass is 9.64. The molecular weight excluding hydrogens is 408 g/mol. The van der Waals surface area contributed by atoms with Crippen LogP contribution in [-0.4, -0.2) is 0 Å². The van der Waals surface area contributed by atoms with Gasteiger partial charge in [-0.05, 0) is 78.1 Å². The van der Waals surface area contributed by atoms with E-state index in [0.29, 0.717) is 0 Å². The van der Waals surface area contributed by atoms with Crippen LogP contribution in [0.4, 0.5) is 0 Å². The summed E-state index contributed by atoms with van der Waals surface area (Å²) in [7, 11) is 0. The van der Waals surface area contributed by atoms with E-state index < -0.39 is 0 Å². The van der Waals surface area contributed by atoms with E-state index in [4.69, 9.17) is 0 Å². The van der Waals surface area contributed by atoms with Gasteiger partial charge in [0.25, 0.3) is 0 Å². The Balaban J connectivity index is 1.87. The van der Waals surface area contributed by atoms with Crippen LogP contribution in [0.3, 0.4) is 0 Å². The zero-order valence-electron chi connectivity index (χ0n) is 21.1. The van der Waals surface area contributed by atoms with Gasteiger partial charge in [-0.3, -0.25) is 0 Å². The third-order valence-corrected chi connectivity index (χ3v) is 7.72. The van der Waals surface area contributed by atoms with Crippen LogP contribution in [0, 0.1) is 20.8 Å². The number of fused-ring (bicyclic) bond motifs is 3. The molecule has 0 spiro atoms. The lowest BCUT2D eigenvalue weighted by molar-refractivity contribution is 0.656. The second-order valence-electron chi connectivity index (χ2n) is 10.1. The highest BCUT2D eigenvalue weighted by molar-refractivity contribution is 5.87. The predicted octanol–water partition coefficient (Wildman–Crippen LogP) is 9.10. The van der Waals surface area contributed by atoms with Crippen molar-refractivity contribution in [3.63, 3.8) is 0 Å². The van der Waals surface area contributed by atoms with E-state index in [1.807, 2.05) is 0 Å². The predicted molar refractivity (Wildman–Crippen MR) is 146 cm³/mol. The number of unbranched alkanes of at least 4 members (excludes halogenated alkanes) is 3. The van der Waals surface area contributed by atoms with E-state index in [2.05, 4.69) is 113 Å². The Labute approximate surface area is 205 Å². The molecule has 0 aliphatic heterocycles. The lowest BCUT2D eigenvalue weighted by Crippen LogP contribution is -2.31. The lowest BCUT2D eigenvalue weighted by Gasteiger charge is -2.37. The van der Waals surface area contributed by atoms with E-state index >= 15 is 0 Å². The fourth-order valence-electron chi connectivity index (χ4n) is 6.12. The highest BCUT2D eigenvalue weighted by Gasteiger charge is 2.47. The van der Waals surface area contributed by atoms with Gasteiger partial charge in [-0.15, -0.1) is 0 Å². The van der Waals surface area contributed by atoms with Gasteiger partial charge in [0, 0.05) is 0 Å². The molecule has 0 heterocycles. The van der Waals surface area contributed by atoms with Gasteiger partial charge in [0.05, 0.1) is 5.41 Å². The van der Waals surface area contributed by atoms with E-state index in [-0.39, 0.29) is 5.41 Å². The second kappa shape index (κ2) is 9.26. The molecule has 0 aromatic heterocycles. The molecule has 0 fully saturated rings. The van der Waals surface area contributed by atoms with Gasteiger partial charge in [-0.1, -0.05) is 122 Å². The molecule has 5 rings (SSSR count). The summed E-state index contributed by atoms with van der Waals surface area (Å²) in [6.07, 6.45) is 6.26. The Kier molecular flexibility index (Phi) is 6.17. The molecule has 4 aromatic carbocycles. The number of aryl methyl sites for hydroxylation is 4. The second-order valence-corrected chi connectivity index (χ2v) is 10.1. The minimum atomic E-state index is -0.296. The maximum Gasteiger partial charge on any atom is 0.0718 e. The SMILES string of the molecule is CCCCCCc1ccccc1C1(c2ccccc2C)c2cc(C)ccc2-c2ccc(C)cc21. The Morgan fingerprint density at radius 1 is 0.559 bits per heavy atom. The van der Waals surface area contributed by atoms with Crippen LogP contribution in [0.1, 0.15) is 77.1 Å². The zero-order chi connectivity index (χ0) is 23.7. The maximum absolute atomic E-state index is 2.45. The van der Waals surface area contributed by atoms with Crippen molar-refractivity contribution in [2.75, 3.05) is 0 Å². The Morgan fingerprint density at radius 3 is 1.76 bits per heavy atom. The summed E-state index contributed by atoms with van der Waals surface area (Å²) in [4.78, 5) is 0. The Hall–Kier alpha value is -3.12. The summed E-state index contributed by atoms with van der Waals surface area (Å²) in [6, 6.07) is 32.4. The smallest absolute Gasteiger partial charge is 0.0654 e. The van der Waals surface area contributed by atoms with Crippen LogP contribution in [0.2, 0.25) is 0 Å². The van der Waals surface area contributed by atoms with Gasteiger partial charge < -0.3 is 0 Å². The Bertz CT molecular complexity index is 1270. The van der Waals surface area contributed by atoms with Gasteiger partial charge in [0.1, 0.15) is 0 Å².